The molecule has 1 saturated heterocycles. The van der Waals surface area contributed by atoms with Crippen molar-refractivity contribution >= 4 is 35.6 Å². The van der Waals surface area contributed by atoms with Crippen molar-refractivity contribution in [3.05, 3.63) is 86.8 Å². The zero-order chi connectivity index (χ0) is 29.8. The highest BCUT2D eigenvalue weighted by molar-refractivity contribution is 6.62. The van der Waals surface area contributed by atoms with Gasteiger partial charge in [0.15, 0.2) is 5.43 Å². The molecule has 1 N–H and O–H groups in total. The summed E-state index contributed by atoms with van der Waals surface area (Å²) < 4.78 is 33.3. The first-order chi connectivity index (χ1) is 20.0. The fourth-order valence-corrected chi connectivity index (χ4v) is 5.88. The maximum atomic E-state index is 15.4. The molecule has 42 heavy (non-hydrogen) atoms. The maximum absolute atomic E-state index is 15.4. The van der Waals surface area contributed by atoms with Gasteiger partial charge in [0.05, 0.1) is 22.7 Å². The summed E-state index contributed by atoms with van der Waals surface area (Å²) in [6, 6.07) is 13.7. The van der Waals surface area contributed by atoms with Crippen LogP contribution in [0.4, 0.5) is 10.3 Å². The van der Waals surface area contributed by atoms with Crippen molar-refractivity contribution in [3.8, 4) is 16.9 Å². The molecule has 0 spiro atoms. The van der Waals surface area contributed by atoms with Crippen molar-refractivity contribution in [2.75, 3.05) is 18.0 Å². The summed E-state index contributed by atoms with van der Waals surface area (Å²) in [5.41, 5.74) is 4.94. The van der Waals surface area contributed by atoms with Crippen LogP contribution in [0.3, 0.4) is 0 Å². The molecular weight excluding hydrogens is 534 g/mol. The van der Waals surface area contributed by atoms with Crippen molar-refractivity contribution in [1.29, 1.82) is 0 Å². The number of aryl methyl sites for hydroxylation is 1. The third-order valence-corrected chi connectivity index (χ3v) is 8.48. The molecule has 1 atom stereocenters. The van der Waals surface area contributed by atoms with Gasteiger partial charge in [-0.2, -0.15) is 0 Å². The molecule has 1 aromatic heterocycles. The van der Waals surface area contributed by atoms with Crippen LogP contribution in [0.15, 0.2) is 62.9 Å². The van der Waals surface area contributed by atoms with Crippen LogP contribution < -0.4 is 20.5 Å². The molecule has 3 aromatic carbocycles. The summed E-state index contributed by atoms with van der Waals surface area (Å²) in [7, 11) is -1.18. The number of fused-ring (bicyclic) bond motifs is 2. The average molecular weight is 568 g/mol. The van der Waals surface area contributed by atoms with Gasteiger partial charge >= 0.3 is 7.12 Å². The zero-order valence-electron chi connectivity index (χ0n) is 24.5. The lowest BCUT2D eigenvalue weighted by molar-refractivity contribution is 0.227. The van der Waals surface area contributed by atoms with Crippen molar-refractivity contribution in [2.45, 2.75) is 53.6 Å². The Labute approximate surface area is 244 Å². The van der Waals surface area contributed by atoms with Crippen LogP contribution in [0, 0.1) is 25.1 Å². The smallest absolute Gasteiger partial charge is 0.485 e. The molecule has 2 aliphatic heterocycles. The van der Waals surface area contributed by atoms with Gasteiger partial charge in [0, 0.05) is 24.1 Å². The van der Waals surface area contributed by atoms with E-state index in [4.69, 9.17) is 13.9 Å². The highest BCUT2D eigenvalue weighted by atomic mass is 19.1. The van der Waals surface area contributed by atoms with Gasteiger partial charge in [0.1, 0.15) is 23.3 Å². The van der Waals surface area contributed by atoms with Crippen molar-refractivity contribution in [1.82, 2.24) is 0 Å². The topological polar surface area (TPSA) is 84.5 Å². The Hall–Kier alpha value is -4.11. The minimum Gasteiger partial charge on any atom is -0.485 e. The number of halogens is 1. The van der Waals surface area contributed by atoms with Crippen molar-refractivity contribution < 1.29 is 23.3 Å². The number of hydrogen-bond acceptors (Lipinski definition) is 7. The summed E-state index contributed by atoms with van der Waals surface area (Å²) >= 11 is 0. The second-order valence-electron chi connectivity index (χ2n) is 12.2. The number of benzene rings is 3. The predicted octanol–water partition coefficient (Wildman–Crippen LogP) is 6.03. The molecule has 0 radical (unpaired) electrons. The third-order valence-electron chi connectivity index (χ3n) is 8.48. The predicted molar refractivity (Wildman–Crippen MR) is 164 cm³/mol. The van der Waals surface area contributed by atoms with Gasteiger partial charge in [-0.25, -0.2) is 4.39 Å². The van der Waals surface area contributed by atoms with E-state index in [-0.39, 0.29) is 16.4 Å². The Kier molecular flexibility index (Phi) is 7.09. The molecule has 7 nitrogen and oxygen atoms in total. The van der Waals surface area contributed by atoms with Crippen LogP contribution in [-0.2, 0) is 4.76 Å². The third kappa shape index (κ3) is 5.06. The number of ether oxygens (including phenoxy) is 1. The van der Waals surface area contributed by atoms with Gasteiger partial charge in [0.25, 0.3) is 0 Å². The Morgan fingerprint density at radius 1 is 1.12 bits per heavy atom. The van der Waals surface area contributed by atoms with E-state index in [1.54, 1.807) is 30.3 Å². The van der Waals surface area contributed by atoms with E-state index in [1.165, 1.54) is 12.3 Å². The molecule has 0 amide bonds. The molecule has 0 saturated carbocycles. The second-order valence-corrected chi connectivity index (χ2v) is 12.2. The van der Waals surface area contributed by atoms with Crippen LogP contribution in [-0.4, -0.2) is 31.4 Å². The van der Waals surface area contributed by atoms with E-state index in [0.717, 1.165) is 31.5 Å². The number of rotatable bonds is 5. The van der Waals surface area contributed by atoms with E-state index in [2.05, 4.69) is 23.9 Å². The van der Waals surface area contributed by atoms with E-state index < -0.39 is 19.0 Å². The monoisotopic (exact) mass is 568 g/mol. The highest BCUT2D eigenvalue weighted by Gasteiger charge is 2.30. The standard InChI is InChI=1S/C33H34BFN2O5/c1-19-15-24(31-25(16-19)30(38)20(2)32(41-31)37-13-11-33(4,5)12-14-37)21(3)40-28-8-6-7-27(35)29(28)22-9-10-26-23(17-22)18-36-42-34(26)39/h6-10,15-18,21,39H,11-14H2,1-5H3. The van der Waals surface area contributed by atoms with Gasteiger partial charge in [0.2, 0.25) is 5.88 Å². The lowest BCUT2D eigenvalue weighted by atomic mass is 9.75. The molecule has 6 rings (SSSR count). The second kappa shape index (κ2) is 10.6. The molecule has 0 bridgehead atoms. The van der Waals surface area contributed by atoms with E-state index in [0.29, 0.717) is 50.3 Å². The van der Waals surface area contributed by atoms with Crippen molar-refractivity contribution in [2.24, 2.45) is 10.6 Å². The van der Waals surface area contributed by atoms with Crippen LogP contribution in [0.1, 0.15) is 62.0 Å². The van der Waals surface area contributed by atoms with Gasteiger partial charge in [-0.05, 0) is 86.1 Å². The number of hydrogen-bond donors (Lipinski definition) is 1. The summed E-state index contributed by atoms with van der Waals surface area (Å²) in [6.45, 7) is 11.8. The lowest BCUT2D eigenvalue weighted by Crippen LogP contribution is -2.38. The quantitative estimate of drug-likeness (QED) is 0.296. The SMILES string of the molecule is Cc1cc(C(C)Oc2cccc(F)c2-c2ccc3c(c2)C=NOB3O)c2oc(N3CCC(C)(C)CC3)c(C)c(=O)c2c1. The molecule has 1 unspecified atom stereocenters. The molecule has 3 heterocycles. The number of anilines is 1. The summed E-state index contributed by atoms with van der Waals surface area (Å²) in [5, 5.41) is 14.3. The van der Waals surface area contributed by atoms with Gasteiger partial charge in [-0.1, -0.05) is 32.0 Å². The zero-order valence-corrected chi connectivity index (χ0v) is 24.5. The van der Waals surface area contributed by atoms with Gasteiger partial charge in [-0.15, -0.1) is 5.16 Å². The highest BCUT2D eigenvalue weighted by Crippen LogP contribution is 2.39. The first-order valence-electron chi connectivity index (χ1n) is 14.3. The number of nitrogens with zero attached hydrogens (tertiary/aromatic N) is 2. The first kappa shape index (κ1) is 28.0. The fraction of sp³-hybridized carbons (Fsp3) is 0.333. The molecule has 9 heteroatoms. The minimum absolute atomic E-state index is 0.0541. The minimum atomic E-state index is -1.18. The molecule has 0 aliphatic carbocycles. The summed E-state index contributed by atoms with van der Waals surface area (Å²) in [4.78, 5) is 15.8. The summed E-state index contributed by atoms with van der Waals surface area (Å²) in [5.74, 6) is 0.499. The van der Waals surface area contributed by atoms with Crippen LogP contribution in [0.2, 0.25) is 0 Å². The maximum Gasteiger partial charge on any atom is 0.583 e. The van der Waals surface area contributed by atoms with E-state index >= 15 is 4.39 Å². The Morgan fingerprint density at radius 2 is 1.88 bits per heavy atom. The van der Waals surface area contributed by atoms with Crippen LogP contribution in [0.25, 0.3) is 22.1 Å². The molecule has 216 valence electrons. The molecule has 4 aromatic rings. The van der Waals surface area contributed by atoms with E-state index in [9.17, 15) is 9.82 Å². The normalized spacial score (nSPS) is 16.7. The Morgan fingerprint density at radius 3 is 2.64 bits per heavy atom. The Balaban J connectivity index is 1.40. The number of oxime groups is 1. The Bertz CT molecular complexity index is 1770. The van der Waals surface area contributed by atoms with E-state index in [1.807, 2.05) is 32.9 Å². The van der Waals surface area contributed by atoms with Gasteiger partial charge < -0.3 is 23.8 Å². The molecule has 1 fully saturated rings. The largest absolute Gasteiger partial charge is 0.583 e. The van der Waals surface area contributed by atoms with Crippen LogP contribution >= 0.6 is 0 Å². The average Bonchev–Trinajstić information content (AvgIpc) is 2.95. The molecular formula is C33H34BFN2O5. The van der Waals surface area contributed by atoms with Crippen LogP contribution in [0.5, 0.6) is 5.75 Å². The fourth-order valence-electron chi connectivity index (χ4n) is 5.88. The van der Waals surface area contributed by atoms with Gasteiger partial charge in [-0.3, -0.25) is 4.79 Å². The first-order valence-corrected chi connectivity index (χ1v) is 14.3. The van der Waals surface area contributed by atoms with Crippen molar-refractivity contribution in [3.63, 3.8) is 0 Å². The molecule has 2 aliphatic rings. The number of piperidine rings is 1. The lowest BCUT2D eigenvalue weighted by Gasteiger charge is -2.37. The summed E-state index contributed by atoms with van der Waals surface area (Å²) in [6.07, 6.45) is 2.94.